The Morgan fingerprint density at radius 1 is 1.33 bits per heavy atom. The van der Waals surface area contributed by atoms with Crippen LogP contribution in [0.2, 0.25) is 0 Å². The average molecular weight is 210 g/mol. The fraction of sp³-hybridized carbons (Fsp3) is 1.00. The highest BCUT2D eigenvalue weighted by molar-refractivity contribution is 5.05. The van der Waals surface area contributed by atoms with Gasteiger partial charge in [-0.15, -0.1) is 0 Å². The minimum absolute atomic E-state index is 0.586. The summed E-state index contributed by atoms with van der Waals surface area (Å²) in [5.74, 6) is 0.819. The van der Waals surface area contributed by atoms with Gasteiger partial charge in [-0.1, -0.05) is 6.92 Å². The van der Waals surface area contributed by atoms with E-state index in [1.807, 2.05) is 0 Å². The molecule has 3 heterocycles. The van der Waals surface area contributed by atoms with Gasteiger partial charge in [-0.05, 0) is 37.9 Å². The van der Waals surface area contributed by atoms with Crippen LogP contribution in [0, 0.1) is 11.3 Å². The highest BCUT2D eigenvalue weighted by Crippen LogP contribution is 2.48. The number of piperidine rings is 1. The highest BCUT2D eigenvalue weighted by Gasteiger charge is 2.54. The number of nitrogens with zero attached hydrogens (tertiary/aromatic N) is 1. The van der Waals surface area contributed by atoms with E-state index in [4.69, 9.17) is 4.74 Å². The predicted molar refractivity (Wildman–Crippen MR) is 59.9 cm³/mol. The van der Waals surface area contributed by atoms with Crippen molar-refractivity contribution < 1.29 is 4.74 Å². The Morgan fingerprint density at radius 2 is 2.13 bits per heavy atom. The lowest BCUT2D eigenvalue weighted by atomic mass is 9.70. The molecule has 3 rings (SSSR count). The van der Waals surface area contributed by atoms with Gasteiger partial charge in [-0.3, -0.25) is 4.90 Å². The molecule has 0 unspecified atom stereocenters. The van der Waals surface area contributed by atoms with Crippen LogP contribution in [0.25, 0.3) is 0 Å². The molecular weight excluding hydrogens is 188 g/mol. The zero-order valence-corrected chi connectivity index (χ0v) is 9.67. The summed E-state index contributed by atoms with van der Waals surface area (Å²) in [6, 6.07) is 0.730. The fourth-order valence-electron chi connectivity index (χ4n) is 3.93. The molecule has 0 aliphatic carbocycles. The molecule has 3 aliphatic heterocycles. The number of likely N-dealkylation sites (N-methyl/N-ethyl adjacent to an activating group) is 1. The van der Waals surface area contributed by atoms with Crippen LogP contribution in [-0.4, -0.2) is 50.3 Å². The van der Waals surface area contributed by atoms with Gasteiger partial charge in [0.25, 0.3) is 0 Å². The van der Waals surface area contributed by atoms with E-state index in [9.17, 15) is 0 Å². The summed E-state index contributed by atoms with van der Waals surface area (Å²) in [5, 5.41) is 3.49. The number of rotatable bonds is 1. The SMILES string of the molecule is CCN1CC2(CCNCC2)[C@H]2COC[C@H]21. The van der Waals surface area contributed by atoms with Crippen LogP contribution in [0.1, 0.15) is 19.8 Å². The Bertz CT molecular complexity index is 238. The van der Waals surface area contributed by atoms with Crippen LogP contribution in [0.15, 0.2) is 0 Å². The molecule has 1 N–H and O–H groups in total. The maximum absolute atomic E-state index is 5.71. The van der Waals surface area contributed by atoms with E-state index >= 15 is 0 Å². The second-order valence-electron chi connectivity index (χ2n) is 5.39. The van der Waals surface area contributed by atoms with Gasteiger partial charge < -0.3 is 10.1 Å². The van der Waals surface area contributed by atoms with Gasteiger partial charge in [-0.2, -0.15) is 0 Å². The summed E-state index contributed by atoms with van der Waals surface area (Å²) in [6.07, 6.45) is 2.71. The van der Waals surface area contributed by atoms with Crippen molar-refractivity contribution in [1.29, 1.82) is 0 Å². The van der Waals surface area contributed by atoms with Gasteiger partial charge in [0.05, 0.1) is 13.2 Å². The number of hydrogen-bond acceptors (Lipinski definition) is 3. The summed E-state index contributed by atoms with van der Waals surface area (Å²) in [5.41, 5.74) is 0.586. The van der Waals surface area contributed by atoms with Gasteiger partial charge in [0, 0.05) is 18.5 Å². The van der Waals surface area contributed by atoms with Crippen molar-refractivity contribution in [1.82, 2.24) is 10.2 Å². The molecule has 0 aromatic rings. The van der Waals surface area contributed by atoms with E-state index < -0.39 is 0 Å². The zero-order chi connectivity index (χ0) is 10.3. The van der Waals surface area contributed by atoms with Crippen molar-refractivity contribution in [2.24, 2.45) is 11.3 Å². The molecule has 0 aromatic carbocycles. The molecule has 86 valence electrons. The van der Waals surface area contributed by atoms with E-state index in [0.717, 1.165) is 25.2 Å². The maximum Gasteiger partial charge on any atom is 0.0625 e. The quantitative estimate of drug-likeness (QED) is 0.690. The van der Waals surface area contributed by atoms with Crippen molar-refractivity contribution in [2.45, 2.75) is 25.8 Å². The fourth-order valence-corrected chi connectivity index (χ4v) is 3.93. The standard InChI is InChI=1S/C12H22N2O/c1-2-14-9-12(3-5-13-6-4-12)10-7-15-8-11(10)14/h10-11,13H,2-9H2,1H3/t10-,11+/m0/s1. The molecule has 3 heteroatoms. The van der Waals surface area contributed by atoms with E-state index in [0.29, 0.717) is 5.41 Å². The van der Waals surface area contributed by atoms with Crippen LogP contribution in [0.4, 0.5) is 0 Å². The minimum atomic E-state index is 0.586. The number of ether oxygens (including phenoxy) is 1. The third kappa shape index (κ3) is 1.44. The van der Waals surface area contributed by atoms with Crippen LogP contribution >= 0.6 is 0 Å². The molecule has 0 bridgehead atoms. The average Bonchev–Trinajstić information content (AvgIpc) is 2.84. The third-order valence-electron chi connectivity index (χ3n) is 4.83. The molecule has 3 nitrogen and oxygen atoms in total. The lowest BCUT2D eigenvalue weighted by Crippen LogP contribution is -2.42. The first-order valence-corrected chi connectivity index (χ1v) is 6.38. The van der Waals surface area contributed by atoms with Gasteiger partial charge in [-0.25, -0.2) is 0 Å². The molecule has 0 amide bonds. The van der Waals surface area contributed by atoms with Gasteiger partial charge >= 0.3 is 0 Å². The summed E-state index contributed by atoms with van der Waals surface area (Å²) in [4.78, 5) is 2.66. The number of likely N-dealkylation sites (tertiary alicyclic amines) is 1. The number of hydrogen-bond donors (Lipinski definition) is 1. The predicted octanol–water partition coefficient (Wildman–Crippen LogP) is 0.707. The molecule has 3 saturated heterocycles. The molecule has 3 aliphatic rings. The van der Waals surface area contributed by atoms with E-state index in [-0.39, 0.29) is 0 Å². The van der Waals surface area contributed by atoms with Gasteiger partial charge in [0.15, 0.2) is 0 Å². The Morgan fingerprint density at radius 3 is 2.87 bits per heavy atom. The Kier molecular flexibility index (Phi) is 2.49. The number of nitrogens with one attached hydrogen (secondary N) is 1. The molecule has 15 heavy (non-hydrogen) atoms. The van der Waals surface area contributed by atoms with Gasteiger partial charge in [0.2, 0.25) is 0 Å². The topological polar surface area (TPSA) is 24.5 Å². The normalized spacial score (nSPS) is 39.8. The molecule has 2 atom stereocenters. The second-order valence-corrected chi connectivity index (χ2v) is 5.39. The summed E-state index contributed by atoms with van der Waals surface area (Å²) < 4.78 is 5.71. The Balaban J connectivity index is 1.83. The maximum atomic E-state index is 5.71. The molecule has 0 radical (unpaired) electrons. The lowest BCUT2D eigenvalue weighted by Gasteiger charge is -2.37. The first-order valence-electron chi connectivity index (χ1n) is 6.38. The van der Waals surface area contributed by atoms with Crippen molar-refractivity contribution in [3.63, 3.8) is 0 Å². The van der Waals surface area contributed by atoms with Crippen molar-refractivity contribution >= 4 is 0 Å². The monoisotopic (exact) mass is 210 g/mol. The summed E-state index contributed by atoms with van der Waals surface area (Å²) >= 11 is 0. The Labute approximate surface area is 92.2 Å². The number of fused-ring (bicyclic) bond motifs is 2. The largest absolute Gasteiger partial charge is 0.379 e. The highest BCUT2D eigenvalue weighted by atomic mass is 16.5. The Hall–Kier alpha value is -0.120. The van der Waals surface area contributed by atoms with Gasteiger partial charge in [0.1, 0.15) is 0 Å². The van der Waals surface area contributed by atoms with Crippen LogP contribution in [0.5, 0.6) is 0 Å². The smallest absolute Gasteiger partial charge is 0.0625 e. The van der Waals surface area contributed by atoms with Crippen molar-refractivity contribution in [3.8, 4) is 0 Å². The van der Waals surface area contributed by atoms with E-state index in [1.165, 1.54) is 39.0 Å². The van der Waals surface area contributed by atoms with E-state index in [2.05, 4.69) is 17.1 Å². The van der Waals surface area contributed by atoms with Crippen molar-refractivity contribution in [3.05, 3.63) is 0 Å². The lowest BCUT2D eigenvalue weighted by molar-refractivity contribution is 0.0875. The molecule has 3 fully saturated rings. The van der Waals surface area contributed by atoms with E-state index in [1.54, 1.807) is 0 Å². The molecular formula is C12H22N2O. The third-order valence-corrected chi connectivity index (χ3v) is 4.83. The van der Waals surface area contributed by atoms with Crippen LogP contribution < -0.4 is 5.32 Å². The summed E-state index contributed by atoms with van der Waals surface area (Å²) in [7, 11) is 0. The minimum Gasteiger partial charge on any atom is -0.379 e. The first-order chi connectivity index (χ1) is 7.36. The molecule has 1 spiro atoms. The van der Waals surface area contributed by atoms with Crippen LogP contribution in [-0.2, 0) is 4.74 Å². The first kappa shape index (κ1) is 10.1. The zero-order valence-electron chi connectivity index (χ0n) is 9.67. The molecule has 0 aromatic heterocycles. The summed E-state index contributed by atoms with van der Waals surface area (Å²) in [6.45, 7) is 9.22. The second kappa shape index (κ2) is 3.72. The molecule has 0 saturated carbocycles. The van der Waals surface area contributed by atoms with Crippen molar-refractivity contribution in [2.75, 3.05) is 39.4 Å². The van der Waals surface area contributed by atoms with Crippen LogP contribution in [0.3, 0.4) is 0 Å².